The van der Waals surface area contributed by atoms with E-state index in [9.17, 15) is 24.6 Å². The van der Waals surface area contributed by atoms with E-state index >= 15 is 0 Å². The lowest BCUT2D eigenvalue weighted by atomic mass is 9.95. The van der Waals surface area contributed by atoms with Crippen molar-refractivity contribution in [2.45, 2.75) is 13.0 Å². The summed E-state index contributed by atoms with van der Waals surface area (Å²) >= 11 is 0. The van der Waals surface area contributed by atoms with Crippen LogP contribution in [-0.2, 0) is 14.3 Å². The van der Waals surface area contributed by atoms with Crippen molar-refractivity contribution in [1.82, 2.24) is 0 Å². The standard InChI is InChI=1S/C28H25NO8/c1-4-37-28(34)17-5-10-19(11-6-17)29-24(16-7-12-20(30)13-8-16)23(26(32)27(29)33)25(31)18-9-14-21(35-2)22(15-18)36-3/h5-15,24,30-31H,4H2,1-3H3/b25-23-. The Morgan fingerprint density at radius 1 is 0.892 bits per heavy atom. The molecule has 1 heterocycles. The van der Waals surface area contributed by atoms with Crippen molar-refractivity contribution in [1.29, 1.82) is 0 Å². The summed E-state index contributed by atoms with van der Waals surface area (Å²) < 4.78 is 15.6. The molecule has 190 valence electrons. The lowest BCUT2D eigenvalue weighted by Crippen LogP contribution is -2.29. The second-order valence-electron chi connectivity index (χ2n) is 8.10. The molecule has 9 heteroatoms. The first kappa shape index (κ1) is 25.3. The van der Waals surface area contributed by atoms with Crippen molar-refractivity contribution >= 4 is 29.1 Å². The third-order valence-electron chi connectivity index (χ3n) is 5.97. The average molecular weight is 504 g/mol. The number of Topliss-reactive ketones (excluding diaryl/α,β-unsaturated/α-hetero) is 1. The van der Waals surface area contributed by atoms with Gasteiger partial charge in [0.15, 0.2) is 11.5 Å². The largest absolute Gasteiger partial charge is 0.508 e. The highest BCUT2D eigenvalue weighted by Gasteiger charge is 2.47. The molecule has 3 aromatic carbocycles. The minimum absolute atomic E-state index is 0.000572. The van der Waals surface area contributed by atoms with E-state index in [1.165, 1.54) is 61.6 Å². The Bertz CT molecular complexity index is 1380. The first-order valence-electron chi connectivity index (χ1n) is 11.4. The van der Waals surface area contributed by atoms with Crippen molar-refractivity contribution in [3.8, 4) is 17.2 Å². The number of aliphatic hydroxyl groups excluding tert-OH is 1. The van der Waals surface area contributed by atoms with Crippen LogP contribution in [0.1, 0.15) is 34.5 Å². The van der Waals surface area contributed by atoms with Crippen LogP contribution >= 0.6 is 0 Å². The maximum absolute atomic E-state index is 13.3. The Balaban J connectivity index is 1.87. The van der Waals surface area contributed by atoms with Gasteiger partial charge >= 0.3 is 5.97 Å². The number of phenols is 1. The minimum Gasteiger partial charge on any atom is -0.508 e. The summed E-state index contributed by atoms with van der Waals surface area (Å²) in [5.74, 6) is -1.90. The fourth-order valence-electron chi connectivity index (χ4n) is 4.18. The zero-order chi connectivity index (χ0) is 26.7. The molecule has 0 spiro atoms. The van der Waals surface area contributed by atoms with Crippen LogP contribution in [0.4, 0.5) is 5.69 Å². The monoisotopic (exact) mass is 503 g/mol. The van der Waals surface area contributed by atoms with E-state index in [0.717, 1.165) is 0 Å². The van der Waals surface area contributed by atoms with Gasteiger partial charge in [-0.05, 0) is 67.1 Å². The lowest BCUT2D eigenvalue weighted by Gasteiger charge is -2.25. The highest BCUT2D eigenvalue weighted by atomic mass is 16.5. The van der Waals surface area contributed by atoms with Crippen molar-refractivity contribution in [2.75, 3.05) is 25.7 Å². The van der Waals surface area contributed by atoms with Crippen molar-refractivity contribution in [2.24, 2.45) is 0 Å². The normalized spacial score (nSPS) is 16.5. The van der Waals surface area contributed by atoms with Gasteiger partial charge in [-0.3, -0.25) is 14.5 Å². The third kappa shape index (κ3) is 4.71. The summed E-state index contributed by atoms with van der Waals surface area (Å²) in [7, 11) is 2.91. The molecule has 1 fully saturated rings. The summed E-state index contributed by atoms with van der Waals surface area (Å²) in [5, 5.41) is 21.1. The number of aliphatic hydroxyl groups is 1. The zero-order valence-electron chi connectivity index (χ0n) is 20.4. The number of ketones is 1. The van der Waals surface area contributed by atoms with Crippen LogP contribution in [0.2, 0.25) is 0 Å². The molecule has 1 saturated heterocycles. The molecular formula is C28H25NO8. The van der Waals surface area contributed by atoms with Gasteiger partial charge in [0.1, 0.15) is 11.5 Å². The van der Waals surface area contributed by atoms with E-state index in [1.807, 2.05) is 0 Å². The first-order valence-corrected chi connectivity index (χ1v) is 11.4. The number of hydrogen-bond acceptors (Lipinski definition) is 8. The lowest BCUT2D eigenvalue weighted by molar-refractivity contribution is -0.132. The highest BCUT2D eigenvalue weighted by molar-refractivity contribution is 6.51. The van der Waals surface area contributed by atoms with E-state index in [-0.39, 0.29) is 29.1 Å². The van der Waals surface area contributed by atoms with E-state index in [1.54, 1.807) is 31.2 Å². The number of nitrogens with zero attached hydrogens (tertiary/aromatic N) is 1. The number of rotatable bonds is 7. The van der Waals surface area contributed by atoms with Crippen LogP contribution in [0, 0.1) is 0 Å². The van der Waals surface area contributed by atoms with Crippen molar-refractivity contribution in [3.05, 3.63) is 89.0 Å². The number of ether oxygens (including phenoxy) is 3. The Hall–Kier alpha value is -4.79. The Morgan fingerprint density at radius 2 is 1.51 bits per heavy atom. The molecular weight excluding hydrogens is 478 g/mol. The molecule has 0 aliphatic carbocycles. The third-order valence-corrected chi connectivity index (χ3v) is 5.97. The van der Waals surface area contributed by atoms with Gasteiger partial charge in [-0.1, -0.05) is 12.1 Å². The molecule has 0 aromatic heterocycles. The maximum atomic E-state index is 13.3. The second-order valence-corrected chi connectivity index (χ2v) is 8.10. The number of benzene rings is 3. The second kappa shape index (κ2) is 10.4. The molecule has 0 radical (unpaired) electrons. The fraction of sp³-hybridized carbons (Fsp3) is 0.179. The molecule has 1 amide bonds. The van der Waals surface area contributed by atoms with E-state index < -0.39 is 29.5 Å². The molecule has 37 heavy (non-hydrogen) atoms. The molecule has 1 atom stereocenters. The number of carbonyl (C=O) groups is 3. The molecule has 4 rings (SSSR count). The number of methoxy groups -OCH3 is 2. The molecule has 2 N–H and O–H groups in total. The number of anilines is 1. The van der Waals surface area contributed by atoms with E-state index in [0.29, 0.717) is 22.7 Å². The van der Waals surface area contributed by atoms with Gasteiger partial charge in [0.05, 0.1) is 38.0 Å². The van der Waals surface area contributed by atoms with Gasteiger partial charge in [-0.2, -0.15) is 0 Å². The van der Waals surface area contributed by atoms with Crippen molar-refractivity contribution < 1.29 is 38.8 Å². The first-order chi connectivity index (χ1) is 17.8. The Morgan fingerprint density at radius 3 is 2.11 bits per heavy atom. The van der Waals surface area contributed by atoms with Crippen LogP contribution in [-0.4, -0.2) is 48.7 Å². The number of esters is 1. The molecule has 0 saturated carbocycles. The summed E-state index contributed by atoms with van der Waals surface area (Å²) in [6.07, 6.45) is 0. The van der Waals surface area contributed by atoms with E-state index in [2.05, 4.69) is 0 Å². The van der Waals surface area contributed by atoms with Gasteiger partial charge in [0.2, 0.25) is 0 Å². The molecule has 1 aliphatic heterocycles. The Labute approximate surface area is 213 Å². The zero-order valence-corrected chi connectivity index (χ0v) is 20.4. The van der Waals surface area contributed by atoms with Crippen molar-refractivity contribution in [3.63, 3.8) is 0 Å². The van der Waals surface area contributed by atoms with Crippen LogP contribution in [0.15, 0.2) is 72.3 Å². The predicted molar refractivity (Wildman–Crippen MR) is 135 cm³/mol. The summed E-state index contributed by atoms with van der Waals surface area (Å²) in [6.45, 7) is 1.91. The maximum Gasteiger partial charge on any atom is 0.338 e. The van der Waals surface area contributed by atoms with Gasteiger partial charge < -0.3 is 24.4 Å². The quantitative estimate of drug-likeness (QED) is 0.213. The van der Waals surface area contributed by atoms with Crippen LogP contribution in [0.5, 0.6) is 17.2 Å². The van der Waals surface area contributed by atoms with Gasteiger partial charge in [0.25, 0.3) is 11.7 Å². The minimum atomic E-state index is -1.01. The topological polar surface area (TPSA) is 123 Å². The smallest absolute Gasteiger partial charge is 0.338 e. The van der Waals surface area contributed by atoms with Gasteiger partial charge in [-0.15, -0.1) is 0 Å². The van der Waals surface area contributed by atoms with Crippen LogP contribution < -0.4 is 14.4 Å². The van der Waals surface area contributed by atoms with Crippen LogP contribution in [0.3, 0.4) is 0 Å². The molecule has 9 nitrogen and oxygen atoms in total. The molecule has 3 aromatic rings. The number of aromatic hydroxyl groups is 1. The van der Waals surface area contributed by atoms with Gasteiger partial charge in [0, 0.05) is 11.3 Å². The van der Waals surface area contributed by atoms with E-state index in [4.69, 9.17) is 14.2 Å². The molecule has 1 unspecified atom stereocenters. The van der Waals surface area contributed by atoms with Gasteiger partial charge in [-0.25, -0.2) is 4.79 Å². The average Bonchev–Trinajstić information content (AvgIpc) is 3.18. The fourth-order valence-corrected chi connectivity index (χ4v) is 4.18. The number of carbonyl (C=O) groups excluding carboxylic acids is 3. The summed E-state index contributed by atoms with van der Waals surface area (Å²) in [6, 6.07) is 15.6. The number of amides is 1. The molecule has 0 bridgehead atoms. The van der Waals surface area contributed by atoms with Crippen LogP contribution in [0.25, 0.3) is 5.76 Å². The summed E-state index contributed by atoms with van der Waals surface area (Å²) in [4.78, 5) is 39.9. The summed E-state index contributed by atoms with van der Waals surface area (Å²) in [5.41, 5.74) is 1.20. The number of phenolic OH excluding ortho intramolecular Hbond substituents is 1. The molecule has 1 aliphatic rings. The predicted octanol–water partition coefficient (Wildman–Crippen LogP) is 4.21. The number of hydrogen-bond donors (Lipinski definition) is 2. The SMILES string of the molecule is CCOC(=O)c1ccc(N2C(=O)C(=O)/C(=C(\O)c3ccc(OC)c(OC)c3)C2c2ccc(O)cc2)cc1. The Kier molecular flexibility index (Phi) is 7.15. The highest BCUT2D eigenvalue weighted by Crippen LogP contribution is 2.43.